The molecule has 144 valence electrons. The number of aliphatic carboxylic acids is 1. The molecule has 1 saturated heterocycles. The van der Waals surface area contributed by atoms with Crippen molar-refractivity contribution in [3.05, 3.63) is 23.8 Å². The molecular formula is C17H25N3O5S. The third kappa shape index (κ3) is 4.34. The first-order valence-electron chi connectivity index (χ1n) is 8.70. The van der Waals surface area contributed by atoms with Crippen LogP contribution in [0.25, 0.3) is 0 Å². The molecule has 9 heteroatoms. The van der Waals surface area contributed by atoms with Crippen LogP contribution in [0.3, 0.4) is 0 Å². The van der Waals surface area contributed by atoms with Crippen molar-refractivity contribution in [3.8, 4) is 0 Å². The second-order valence-corrected chi connectivity index (χ2v) is 7.98. The second kappa shape index (κ2) is 8.50. The molecule has 0 unspecified atom stereocenters. The number of hydrogen-bond acceptors (Lipinski definition) is 5. The number of carbonyl (C=O) groups is 2. The lowest BCUT2D eigenvalue weighted by atomic mass is 10.1. The second-order valence-electron chi connectivity index (χ2n) is 6.04. The van der Waals surface area contributed by atoms with E-state index in [2.05, 4.69) is 5.32 Å². The first-order valence-corrected chi connectivity index (χ1v) is 10.1. The van der Waals surface area contributed by atoms with Gasteiger partial charge in [0, 0.05) is 31.9 Å². The fourth-order valence-corrected chi connectivity index (χ4v) is 4.54. The number of nitrogens with zero attached hydrogens (tertiary/aromatic N) is 2. The van der Waals surface area contributed by atoms with Crippen molar-refractivity contribution in [2.75, 3.05) is 37.6 Å². The summed E-state index contributed by atoms with van der Waals surface area (Å²) in [4.78, 5) is 25.3. The Morgan fingerprint density at radius 2 is 1.81 bits per heavy atom. The Morgan fingerprint density at radius 1 is 1.19 bits per heavy atom. The fourth-order valence-electron chi connectivity index (χ4n) is 3.05. The summed E-state index contributed by atoms with van der Waals surface area (Å²) in [6, 6.07) is 4.49. The fraction of sp³-hybridized carbons (Fsp3) is 0.529. The molecular weight excluding hydrogens is 358 g/mol. The molecule has 1 aliphatic rings. The molecule has 26 heavy (non-hydrogen) atoms. The number of carboxylic acid groups (broad SMARTS) is 1. The Bertz CT molecular complexity index is 769. The summed E-state index contributed by atoms with van der Waals surface area (Å²) in [5, 5.41) is 11.1. The van der Waals surface area contributed by atoms with Gasteiger partial charge in [0.1, 0.15) is 6.54 Å². The smallest absolute Gasteiger partial charge is 0.322 e. The summed E-state index contributed by atoms with van der Waals surface area (Å²) < 4.78 is 26.8. The summed E-state index contributed by atoms with van der Waals surface area (Å²) in [7, 11) is -3.71. The van der Waals surface area contributed by atoms with Gasteiger partial charge in [-0.05, 0) is 31.0 Å². The standard InChI is InChI=1S/C17H25N3O5S/c1-3-20(4-2)26(24,25)13-7-8-15(19-9-5-6-10-19)14(11-13)17(23)18-12-16(21)22/h7-8,11H,3-6,9-10,12H2,1-2H3,(H,18,23)(H,21,22). The Hall–Kier alpha value is -2.13. The summed E-state index contributed by atoms with van der Waals surface area (Å²) in [6.07, 6.45) is 1.99. The number of hydrogen-bond donors (Lipinski definition) is 2. The van der Waals surface area contributed by atoms with Crippen LogP contribution in [-0.4, -0.2) is 62.4 Å². The quantitative estimate of drug-likeness (QED) is 0.697. The average Bonchev–Trinajstić information content (AvgIpc) is 3.14. The Morgan fingerprint density at radius 3 is 2.35 bits per heavy atom. The van der Waals surface area contributed by atoms with E-state index < -0.39 is 28.4 Å². The van der Waals surface area contributed by atoms with Crippen LogP contribution in [0.5, 0.6) is 0 Å². The molecule has 0 atom stereocenters. The molecule has 0 aliphatic carbocycles. The normalized spacial score (nSPS) is 14.7. The zero-order chi connectivity index (χ0) is 19.3. The SMILES string of the molecule is CCN(CC)S(=O)(=O)c1ccc(N2CCCC2)c(C(=O)NCC(=O)O)c1. The topological polar surface area (TPSA) is 107 Å². The van der Waals surface area contributed by atoms with E-state index in [1.54, 1.807) is 19.9 Å². The van der Waals surface area contributed by atoms with E-state index in [-0.39, 0.29) is 10.5 Å². The number of sulfonamides is 1. The molecule has 0 aromatic heterocycles. The van der Waals surface area contributed by atoms with Crippen molar-refractivity contribution in [1.82, 2.24) is 9.62 Å². The molecule has 1 aromatic rings. The Balaban J connectivity index is 2.46. The highest BCUT2D eigenvalue weighted by Crippen LogP contribution is 2.28. The molecule has 0 bridgehead atoms. The van der Waals surface area contributed by atoms with E-state index in [4.69, 9.17) is 5.11 Å². The number of anilines is 1. The van der Waals surface area contributed by atoms with Crippen LogP contribution >= 0.6 is 0 Å². The van der Waals surface area contributed by atoms with Crippen LogP contribution in [-0.2, 0) is 14.8 Å². The van der Waals surface area contributed by atoms with Gasteiger partial charge >= 0.3 is 5.97 Å². The molecule has 1 fully saturated rings. The number of amides is 1. The van der Waals surface area contributed by atoms with Crippen molar-refractivity contribution < 1.29 is 23.1 Å². The minimum atomic E-state index is -3.71. The minimum Gasteiger partial charge on any atom is -0.480 e. The highest BCUT2D eigenvalue weighted by atomic mass is 32.2. The largest absolute Gasteiger partial charge is 0.480 e. The molecule has 0 spiro atoms. The molecule has 2 N–H and O–H groups in total. The first kappa shape index (κ1) is 20.2. The van der Waals surface area contributed by atoms with E-state index in [0.29, 0.717) is 18.8 Å². The monoisotopic (exact) mass is 383 g/mol. The van der Waals surface area contributed by atoms with E-state index in [0.717, 1.165) is 25.9 Å². The van der Waals surface area contributed by atoms with Gasteiger partial charge in [0.15, 0.2) is 0 Å². The van der Waals surface area contributed by atoms with Crippen LogP contribution < -0.4 is 10.2 Å². The molecule has 8 nitrogen and oxygen atoms in total. The highest BCUT2D eigenvalue weighted by Gasteiger charge is 2.26. The van der Waals surface area contributed by atoms with Gasteiger partial charge in [-0.2, -0.15) is 4.31 Å². The zero-order valence-corrected chi connectivity index (χ0v) is 15.9. The number of carboxylic acids is 1. The van der Waals surface area contributed by atoms with Gasteiger partial charge in [-0.1, -0.05) is 13.8 Å². The van der Waals surface area contributed by atoms with E-state index in [1.165, 1.54) is 16.4 Å². The highest BCUT2D eigenvalue weighted by molar-refractivity contribution is 7.89. The molecule has 1 amide bonds. The van der Waals surface area contributed by atoms with Gasteiger partial charge < -0.3 is 15.3 Å². The lowest BCUT2D eigenvalue weighted by Crippen LogP contribution is -2.33. The van der Waals surface area contributed by atoms with Crippen molar-refractivity contribution in [2.45, 2.75) is 31.6 Å². The molecule has 1 aromatic carbocycles. The maximum absolute atomic E-state index is 12.8. The van der Waals surface area contributed by atoms with Crippen LogP contribution in [0.2, 0.25) is 0 Å². The van der Waals surface area contributed by atoms with Gasteiger partial charge in [0.2, 0.25) is 10.0 Å². The number of benzene rings is 1. The maximum atomic E-state index is 12.8. The summed E-state index contributed by atoms with van der Waals surface area (Å²) in [6.45, 7) is 5.19. The van der Waals surface area contributed by atoms with Crippen molar-refractivity contribution >= 4 is 27.6 Å². The molecule has 1 heterocycles. The third-order valence-corrected chi connectivity index (χ3v) is 6.45. The van der Waals surface area contributed by atoms with Crippen molar-refractivity contribution in [1.29, 1.82) is 0 Å². The minimum absolute atomic E-state index is 0.0321. The van der Waals surface area contributed by atoms with Crippen LogP contribution in [0.15, 0.2) is 23.1 Å². The third-order valence-electron chi connectivity index (χ3n) is 4.40. The predicted octanol–water partition coefficient (Wildman–Crippen LogP) is 1.13. The Kier molecular flexibility index (Phi) is 6.60. The molecule has 2 rings (SSSR count). The number of carbonyl (C=O) groups excluding carboxylic acids is 1. The van der Waals surface area contributed by atoms with Crippen LogP contribution in [0, 0.1) is 0 Å². The van der Waals surface area contributed by atoms with Crippen molar-refractivity contribution in [3.63, 3.8) is 0 Å². The van der Waals surface area contributed by atoms with Gasteiger partial charge in [0.25, 0.3) is 5.91 Å². The molecule has 1 aliphatic heterocycles. The van der Waals surface area contributed by atoms with Gasteiger partial charge in [-0.15, -0.1) is 0 Å². The lowest BCUT2D eigenvalue weighted by molar-refractivity contribution is -0.135. The van der Waals surface area contributed by atoms with Gasteiger partial charge in [-0.3, -0.25) is 9.59 Å². The average molecular weight is 383 g/mol. The predicted molar refractivity (Wildman–Crippen MR) is 98.0 cm³/mol. The van der Waals surface area contributed by atoms with Crippen molar-refractivity contribution in [2.24, 2.45) is 0 Å². The summed E-state index contributed by atoms with van der Waals surface area (Å²) in [5.41, 5.74) is 0.810. The maximum Gasteiger partial charge on any atom is 0.322 e. The summed E-state index contributed by atoms with van der Waals surface area (Å²) in [5.74, 6) is -1.75. The molecule has 0 saturated carbocycles. The number of rotatable bonds is 8. The van der Waals surface area contributed by atoms with E-state index >= 15 is 0 Å². The van der Waals surface area contributed by atoms with Crippen LogP contribution in [0.1, 0.15) is 37.0 Å². The van der Waals surface area contributed by atoms with Crippen LogP contribution in [0.4, 0.5) is 5.69 Å². The summed E-state index contributed by atoms with van der Waals surface area (Å²) >= 11 is 0. The number of nitrogens with one attached hydrogen (secondary N) is 1. The first-order chi connectivity index (χ1) is 12.3. The van der Waals surface area contributed by atoms with E-state index in [1.807, 2.05) is 4.90 Å². The lowest BCUT2D eigenvalue weighted by Gasteiger charge is -2.23. The molecule has 0 radical (unpaired) electrons. The zero-order valence-electron chi connectivity index (χ0n) is 15.1. The van der Waals surface area contributed by atoms with Gasteiger partial charge in [-0.25, -0.2) is 8.42 Å². The van der Waals surface area contributed by atoms with Gasteiger partial charge in [0.05, 0.1) is 10.5 Å². The van der Waals surface area contributed by atoms with E-state index in [9.17, 15) is 18.0 Å². The Labute approximate surface area is 153 Å².